The van der Waals surface area contributed by atoms with Crippen LogP contribution in [0.1, 0.15) is 6.42 Å². The molecular weight excluding hydrogens is 286 g/mol. The van der Waals surface area contributed by atoms with Crippen molar-refractivity contribution in [3.05, 3.63) is 0 Å². The van der Waals surface area contributed by atoms with Crippen LogP contribution in [-0.2, 0) is 38.1 Å². The Bertz CT molecular complexity index is 395. The van der Waals surface area contributed by atoms with Gasteiger partial charge >= 0.3 is 17.9 Å². The molecule has 0 spiro atoms. The fraction of sp³-hybridized carbons (Fsp3) is 0.667. The molecule has 2 atom stereocenters. The molecule has 0 aliphatic rings. The molecule has 0 aromatic heterocycles. The van der Waals surface area contributed by atoms with Gasteiger partial charge in [-0.05, 0) is 0 Å². The van der Waals surface area contributed by atoms with Crippen LogP contribution in [0, 0.1) is 5.92 Å². The van der Waals surface area contributed by atoms with Crippen molar-refractivity contribution < 1.29 is 38.1 Å². The molecule has 0 aliphatic carbocycles. The lowest BCUT2D eigenvalue weighted by Gasteiger charge is -2.23. The van der Waals surface area contributed by atoms with Gasteiger partial charge in [-0.25, -0.2) is 4.79 Å². The second kappa shape index (κ2) is 9.70. The van der Waals surface area contributed by atoms with E-state index in [-0.39, 0.29) is 6.61 Å². The standard InChI is InChI=1S/C12H19NO8/c1-18-6-8(14)13-10(12(17)21-4)7(11(16)20-3)5-9(15)19-2/h7,10H,5-6H2,1-4H3,(H,13,14)/t7-,10+/m1/s1. The van der Waals surface area contributed by atoms with Crippen LogP contribution >= 0.6 is 0 Å². The van der Waals surface area contributed by atoms with Crippen LogP contribution in [0.25, 0.3) is 0 Å². The molecule has 0 saturated carbocycles. The van der Waals surface area contributed by atoms with Crippen molar-refractivity contribution in [2.75, 3.05) is 35.0 Å². The zero-order chi connectivity index (χ0) is 16.4. The second-order valence-electron chi connectivity index (χ2n) is 3.91. The third kappa shape index (κ3) is 6.21. The number of amides is 1. The van der Waals surface area contributed by atoms with Crippen LogP contribution in [0.3, 0.4) is 0 Å². The first-order chi connectivity index (χ1) is 9.90. The number of carbonyl (C=O) groups excluding carboxylic acids is 4. The summed E-state index contributed by atoms with van der Waals surface area (Å²) in [7, 11) is 4.61. The minimum absolute atomic E-state index is 0.320. The highest BCUT2D eigenvalue weighted by molar-refractivity contribution is 5.91. The van der Waals surface area contributed by atoms with Crippen LogP contribution in [0.4, 0.5) is 0 Å². The lowest BCUT2D eigenvalue weighted by atomic mass is 9.96. The van der Waals surface area contributed by atoms with Gasteiger partial charge in [0.2, 0.25) is 5.91 Å². The van der Waals surface area contributed by atoms with E-state index in [9.17, 15) is 19.2 Å². The van der Waals surface area contributed by atoms with Crippen LogP contribution in [0.5, 0.6) is 0 Å². The van der Waals surface area contributed by atoms with Gasteiger partial charge in [-0.1, -0.05) is 0 Å². The predicted octanol–water partition coefficient (Wildman–Crippen LogP) is -1.36. The minimum atomic E-state index is -1.39. The largest absolute Gasteiger partial charge is 0.469 e. The van der Waals surface area contributed by atoms with Crippen LogP contribution < -0.4 is 5.32 Å². The minimum Gasteiger partial charge on any atom is -0.469 e. The molecule has 0 aromatic rings. The molecule has 0 radical (unpaired) electrons. The zero-order valence-electron chi connectivity index (χ0n) is 12.3. The Morgan fingerprint density at radius 3 is 1.90 bits per heavy atom. The van der Waals surface area contributed by atoms with Crippen LogP contribution in [0.2, 0.25) is 0 Å². The summed E-state index contributed by atoms with van der Waals surface area (Å²) in [5, 5.41) is 2.27. The number of ether oxygens (including phenoxy) is 4. The van der Waals surface area contributed by atoms with Gasteiger partial charge < -0.3 is 24.3 Å². The maximum absolute atomic E-state index is 11.7. The Morgan fingerprint density at radius 2 is 1.48 bits per heavy atom. The molecule has 0 aliphatic heterocycles. The molecule has 120 valence electrons. The molecule has 9 heteroatoms. The summed E-state index contributed by atoms with van der Waals surface area (Å²) in [5.74, 6) is -4.39. The van der Waals surface area contributed by atoms with Crippen molar-refractivity contribution in [1.82, 2.24) is 5.32 Å². The van der Waals surface area contributed by atoms with E-state index in [1.807, 2.05) is 0 Å². The molecule has 0 rings (SSSR count). The highest BCUT2D eigenvalue weighted by Crippen LogP contribution is 2.14. The summed E-state index contributed by atoms with van der Waals surface area (Å²) in [4.78, 5) is 46.4. The van der Waals surface area contributed by atoms with Crippen molar-refractivity contribution in [2.45, 2.75) is 12.5 Å². The molecule has 0 unspecified atom stereocenters. The number of hydrogen-bond donors (Lipinski definition) is 1. The van der Waals surface area contributed by atoms with E-state index in [0.29, 0.717) is 0 Å². The Hall–Kier alpha value is -2.16. The topological polar surface area (TPSA) is 117 Å². The van der Waals surface area contributed by atoms with E-state index in [0.717, 1.165) is 21.3 Å². The van der Waals surface area contributed by atoms with Gasteiger partial charge in [0, 0.05) is 7.11 Å². The normalized spacial score (nSPS) is 12.8. The van der Waals surface area contributed by atoms with Gasteiger partial charge in [0.15, 0.2) is 0 Å². The van der Waals surface area contributed by atoms with Gasteiger partial charge in [-0.2, -0.15) is 0 Å². The first-order valence-corrected chi connectivity index (χ1v) is 5.92. The van der Waals surface area contributed by atoms with Crippen molar-refractivity contribution in [3.8, 4) is 0 Å². The van der Waals surface area contributed by atoms with E-state index in [2.05, 4.69) is 24.3 Å². The summed E-state index contributed by atoms with van der Waals surface area (Å²) in [6.07, 6.45) is -0.448. The maximum Gasteiger partial charge on any atom is 0.329 e. The molecule has 0 aromatic carbocycles. The van der Waals surface area contributed by atoms with E-state index < -0.39 is 42.2 Å². The van der Waals surface area contributed by atoms with Gasteiger partial charge in [0.1, 0.15) is 12.6 Å². The van der Waals surface area contributed by atoms with Crippen LogP contribution in [-0.4, -0.2) is 64.9 Å². The quantitative estimate of drug-likeness (QED) is 0.432. The second-order valence-corrected chi connectivity index (χ2v) is 3.91. The molecular formula is C12H19NO8. The summed E-state index contributed by atoms with van der Waals surface area (Å²) in [5.41, 5.74) is 0. The predicted molar refractivity (Wildman–Crippen MR) is 68.0 cm³/mol. The Kier molecular flexibility index (Phi) is 8.70. The van der Waals surface area contributed by atoms with Gasteiger partial charge in [-0.15, -0.1) is 0 Å². The number of hydrogen-bond acceptors (Lipinski definition) is 8. The smallest absolute Gasteiger partial charge is 0.329 e. The third-order valence-corrected chi connectivity index (χ3v) is 2.57. The Morgan fingerprint density at radius 1 is 0.905 bits per heavy atom. The fourth-order valence-corrected chi connectivity index (χ4v) is 1.55. The molecule has 0 heterocycles. The van der Waals surface area contributed by atoms with Gasteiger partial charge in [0.25, 0.3) is 0 Å². The number of rotatable bonds is 8. The van der Waals surface area contributed by atoms with E-state index in [4.69, 9.17) is 0 Å². The fourth-order valence-electron chi connectivity index (χ4n) is 1.55. The van der Waals surface area contributed by atoms with Crippen LogP contribution in [0.15, 0.2) is 0 Å². The molecule has 1 amide bonds. The monoisotopic (exact) mass is 305 g/mol. The maximum atomic E-state index is 11.7. The van der Waals surface area contributed by atoms with Gasteiger partial charge in [0.05, 0.1) is 33.7 Å². The van der Waals surface area contributed by atoms with Crippen molar-refractivity contribution >= 4 is 23.8 Å². The molecule has 9 nitrogen and oxygen atoms in total. The number of carbonyl (C=O) groups is 4. The molecule has 0 bridgehead atoms. The average Bonchev–Trinajstić information content (AvgIpc) is 2.48. The summed E-state index contributed by atoms with van der Waals surface area (Å²) in [6, 6.07) is -1.39. The van der Waals surface area contributed by atoms with E-state index >= 15 is 0 Å². The number of esters is 3. The molecule has 0 saturated heterocycles. The number of nitrogens with one attached hydrogen (secondary N) is 1. The highest BCUT2D eigenvalue weighted by Gasteiger charge is 2.38. The average molecular weight is 305 g/mol. The lowest BCUT2D eigenvalue weighted by Crippen LogP contribution is -2.51. The summed E-state index contributed by atoms with van der Waals surface area (Å²) in [6.45, 7) is -0.320. The zero-order valence-corrected chi connectivity index (χ0v) is 12.3. The lowest BCUT2D eigenvalue weighted by molar-refractivity contribution is -0.159. The van der Waals surface area contributed by atoms with Crippen molar-refractivity contribution in [3.63, 3.8) is 0 Å². The molecule has 1 N–H and O–H groups in total. The van der Waals surface area contributed by atoms with E-state index in [1.54, 1.807) is 0 Å². The highest BCUT2D eigenvalue weighted by atomic mass is 16.5. The first kappa shape index (κ1) is 18.8. The first-order valence-electron chi connectivity index (χ1n) is 5.92. The van der Waals surface area contributed by atoms with Gasteiger partial charge in [-0.3, -0.25) is 14.4 Å². The van der Waals surface area contributed by atoms with E-state index in [1.165, 1.54) is 7.11 Å². The molecule has 0 fully saturated rings. The number of methoxy groups -OCH3 is 4. The van der Waals surface area contributed by atoms with Crippen molar-refractivity contribution in [1.29, 1.82) is 0 Å². The molecule has 21 heavy (non-hydrogen) atoms. The summed E-state index contributed by atoms with van der Waals surface area (Å²) >= 11 is 0. The third-order valence-electron chi connectivity index (χ3n) is 2.57. The summed E-state index contributed by atoms with van der Waals surface area (Å²) < 4.78 is 18.1. The Labute approximate surface area is 121 Å². The van der Waals surface area contributed by atoms with Crippen molar-refractivity contribution in [2.24, 2.45) is 5.92 Å². The Balaban J connectivity index is 5.25. The SMILES string of the molecule is COCC(=O)N[C@H](C(=O)OC)[C@@H](CC(=O)OC)C(=O)OC.